The Morgan fingerprint density at radius 2 is 1.79 bits per heavy atom. The number of aromatic nitrogens is 3. The van der Waals surface area contributed by atoms with Crippen LogP contribution < -0.4 is 15.5 Å². The fraction of sp³-hybridized carbons (Fsp3) is 0.269. The largest absolute Gasteiger partial charge is 0.363 e. The number of benzene rings is 2. The van der Waals surface area contributed by atoms with Crippen LogP contribution in [0, 0.1) is 12.7 Å². The van der Waals surface area contributed by atoms with E-state index in [4.69, 9.17) is 0 Å². The standard InChI is InChI=1S/C26H27FN6O/c1-18-24(27)25(31-26(29-18)32-13-4-5-14-32)28-16-19-8-10-21(11-9-19)30-23(34)17-33-15-12-20-6-2-3-7-22(20)33/h2-3,6-12,15H,4-5,13-14,16-17H2,1H3,(H,30,34)(H,28,29,31). The van der Waals surface area contributed by atoms with Crippen molar-refractivity contribution >= 4 is 34.3 Å². The van der Waals surface area contributed by atoms with E-state index in [0.717, 1.165) is 42.4 Å². The SMILES string of the molecule is Cc1nc(N2CCCC2)nc(NCc2ccc(NC(=O)Cn3ccc4ccccc43)cc2)c1F. The van der Waals surface area contributed by atoms with Gasteiger partial charge in [-0.25, -0.2) is 9.37 Å². The van der Waals surface area contributed by atoms with E-state index in [9.17, 15) is 9.18 Å². The third-order valence-corrected chi connectivity index (χ3v) is 6.09. The van der Waals surface area contributed by atoms with Crippen LogP contribution in [0.2, 0.25) is 0 Å². The molecule has 8 heteroatoms. The molecule has 4 aromatic rings. The molecular formula is C26H27FN6O. The highest BCUT2D eigenvalue weighted by atomic mass is 19.1. The minimum atomic E-state index is -0.427. The van der Waals surface area contributed by atoms with Gasteiger partial charge in [-0.15, -0.1) is 0 Å². The van der Waals surface area contributed by atoms with Crippen molar-refractivity contribution in [3.63, 3.8) is 0 Å². The summed E-state index contributed by atoms with van der Waals surface area (Å²) in [6, 6.07) is 17.5. The summed E-state index contributed by atoms with van der Waals surface area (Å²) in [5.41, 5.74) is 3.03. The Morgan fingerprint density at radius 3 is 2.59 bits per heavy atom. The molecule has 1 aliphatic rings. The summed E-state index contributed by atoms with van der Waals surface area (Å²) in [4.78, 5) is 23.3. The second kappa shape index (κ2) is 9.51. The van der Waals surface area contributed by atoms with Gasteiger partial charge in [0.15, 0.2) is 11.6 Å². The first kappa shape index (κ1) is 21.9. The number of anilines is 3. The van der Waals surface area contributed by atoms with Crippen molar-refractivity contribution in [2.45, 2.75) is 32.9 Å². The molecule has 0 atom stereocenters. The van der Waals surface area contributed by atoms with Crippen molar-refractivity contribution in [3.05, 3.63) is 77.9 Å². The fourth-order valence-corrected chi connectivity index (χ4v) is 4.25. The Morgan fingerprint density at radius 1 is 1.03 bits per heavy atom. The van der Waals surface area contributed by atoms with E-state index >= 15 is 0 Å². The highest BCUT2D eigenvalue weighted by Gasteiger charge is 2.19. The van der Waals surface area contributed by atoms with E-state index < -0.39 is 5.82 Å². The number of amides is 1. The van der Waals surface area contributed by atoms with E-state index in [1.807, 2.05) is 65.4 Å². The summed E-state index contributed by atoms with van der Waals surface area (Å²) in [7, 11) is 0. The van der Waals surface area contributed by atoms with Crippen molar-refractivity contribution in [1.82, 2.24) is 14.5 Å². The number of nitrogens with one attached hydrogen (secondary N) is 2. The van der Waals surface area contributed by atoms with Gasteiger partial charge >= 0.3 is 0 Å². The number of carbonyl (C=O) groups excluding carboxylic acids is 1. The van der Waals surface area contributed by atoms with Crippen LogP contribution in [-0.2, 0) is 17.9 Å². The lowest BCUT2D eigenvalue weighted by Gasteiger charge is -2.17. The predicted octanol–water partition coefficient (Wildman–Crippen LogP) is 4.73. The Hall–Kier alpha value is -3.94. The summed E-state index contributed by atoms with van der Waals surface area (Å²) in [6.07, 6.45) is 4.13. The molecule has 7 nitrogen and oxygen atoms in total. The van der Waals surface area contributed by atoms with Gasteiger partial charge in [0.2, 0.25) is 11.9 Å². The normalized spacial score (nSPS) is 13.4. The lowest BCUT2D eigenvalue weighted by atomic mass is 10.2. The molecule has 1 aliphatic heterocycles. The zero-order valence-electron chi connectivity index (χ0n) is 19.1. The van der Waals surface area contributed by atoms with Crippen molar-refractivity contribution in [2.24, 2.45) is 0 Å². The molecule has 2 aromatic carbocycles. The molecule has 2 N–H and O–H groups in total. The van der Waals surface area contributed by atoms with Gasteiger partial charge in [0, 0.05) is 37.0 Å². The van der Waals surface area contributed by atoms with E-state index in [-0.39, 0.29) is 18.3 Å². The summed E-state index contributed by atoms with van der Waals surface area (Å²) in [5, 5.41) is 7.14. The zero-order valence-corrected chi connectivity index (χ0v) is 19.1. The summed E-state index contributed by atoms with van der Waals surface area (Å²) < 4.78 is 16.5. The number of rotatable bonds is 7. The minimum absolute atomic E-state index is 0.0970. The van der Waals surface area contributed by atoms with Gasteiger partial charge in [0.05, 0.1) is 5.69 Å². The van der Waals surface area contributed by atoms with Gasteiger partial charge in [0.25, 0.3) is 0 Å². The van der Waals surface area contributed by atoms with Gasteiger partial charge in [-0.05, 0) is 55.0 Å². The number of aryl methyl sites for hydroxylation is 1. The molecule has 0 saturated carbocycles. The van der Waals surface area contributed by atoms with Crippen LogP contribution in [0.25, 0.3) is 10.9 Å². The minimum Gasteiger partial charge on any atom is -0.363 e. The predicted molar refractivity (Wildman–Crippen MR) is 133 cm³/mol. The summed E-state index contributed by atoms with van der Waals surface area (Å²) in [6.45, 7) is 4.12. The first-order valence-corrected chi connectivity index (χ1v) is 11.5. The molecule has 0 spiro atoms. The molecule has 2 aromatic heterocycles. The third kappa shape index (κ3) is 4.71. The van der Waals surface area contributed by atoms with Crippen LogP contribution in [0.15, 0.2) is 60.8 Å². The smallest absolute Gasteiger partial charge is 0.244 e. The average molecular weight is 459 g/mol. The molecule has 0 aliphatic carbocycles. The van der Waals surface area contributed by atoms with E-state index in [1.54, 1.807) is 6.92 Å². The van der Waals surface area contributed by atoms with Gasteiger partial charge in [-0.2, -0.15) is 4.98 Å². The summed E-state index contributed by atoms with van der Waals surface area (Å²) in [5.74, 6) is 0.266. The average Bonchev–Trinajstić information content (AvgIpc) is 3.52. The number of para-hydroxylation sites is 1. The number of hydrogen-bond donors (Lipinski definition) is 2. The molecule has 0 bridgehead atoms. The quantitative estimate of drug-likeness (QED) is 0.419. The number of fused-ring (bicyclic) bond motifs is 1. The topological polar surface area (TPSA) is 75.1 Å². The molecule has 1 saturated heterocycles. The Balaban J connectivity index is 1.20. The fourth-order valence-electron chi connectivity index (χ4n) is 4.25. The zero-order chi connectivity index (χ0) is 23.5. The maximum atomic E-state index is 14.6. The van der Waals surface area contributed by atoms with Gasteiger partial charge in [-0.3, -0.25) is 4.79 Å². The number of hydrogen-bond acceptors (Lipinski definition) is 5. The summed E-state index contributed by atoms with van der Waals surface area (Å²) >= 11 is 0. The van der Waals surface area contributed by atoms with E-state index in [1.165, 1.54) is 0 Å². The van der Waals surface area contributed by atoms with E-state index in [0.29, 0.717) is 23.9 Å². The van der Waals surface area contributed by atoms with Gasteiger partial charge < -0.3 is 20.1 Å². The molecule has 0 unspecified atom stereocenters. The molecule has 1 amide bonds. The second-order valence-electron chi connectivity index (χ2n) is 8.57. The van der Waals surface area contributed by atoms with Crippen LogP contribution in [0.4, 0.5) is 21.8 Å². The lowest BCUT2D eigenvalue weighted by Crippen LogP contribution is -2.22. The van der Waals surface area contributed by atoms with Crippen molar-refractivity contribution < 1.29 is 9.18 Å². The van der Waals surface area contributed by atoms with Crippen molar-refractivity contribution in [2.75, 3.05) is 28.6 Å². The Kier molecular flexibility index (Phi) is 6.12. The number of carbonyl (C=O) groups is 1. The number of halogens is 1. The van der Waals surface area contributed by atoms with Crippen molar-refractivity contribution in [1.29, 1.82) is 0 Å². The van der Waals surface area contributed by atoms with Crippen LogP contribution in [0.1, 0.15) is 24.1 Å². The highest BCUT2D eigenvalue weighted by molar-refractivity contribution is 5.92. The van der Waals surface area contributed by atoms with Crippen LogP contribution in [-0.4, -0.2) is 33.5 Å². The monoisotopic (exact) mass is 458 g/mol. The second-order valence-corrected chi connectivity index (χ2v) is 8.57. The van der Waals surface area contributed by atoms with Crippen LogP contribution in [0.5, 0.6) is 0 Å². The van der Waals surface area contributed by atoms with Gasteiger partial charge in [-0.1, -0.05) is 30.3 Å². The first-order valence-electron chi connectivity index (χ1n) is 11.5. The maximum Gasteiger partial charge on any atom is 0.244 e. The van der Waals surface area contributed by atoms with E-state index in [2.05, 4.69) is 25.5 Å². The third-order valence-electron chi connectivity index (χ3n) is 6.09. The first-order chi connectivity index (χ1) is 16.6. The molecule has 3 heterocycles. The van der Waals surface area contributed by atoms with Gasteiger partial charge in [0.1, 0.15) is 6.54 Å². The molecule has 34 heavy (non-hydrogen) atoms. The van der Waals surface area contributed by atoms with Crippen molar-refractivity contribution in [3.8, 4) is 0 Å². The molecule has 0 radical (unpaired) electrons. The van der Waals surface area contributed by atoms with Crippen LogP contribution >= 0.6 is 0 Å². The van der Waals surface area contributed by atoms with Crippen LogP contribution in [0.3, 0.4) is 0 Å². The number of nitrogens with zero attached hydrogens (tertiary/aromatic N) is 4. The maximum absolute atomic E-state index is 14.6. The molecular weight excluding hydrogens is 431 g/mol. The Bertz CT molecular complexity index is 1310. The molecule has 174 valence electrons. The highest BCUT2D eigenvalue weighted by Crippen LogP contribution is 2.22. The lowest BCUT2D eigenvalue weighted by molar-refractivity contribution is -0.116. The molecule has 5 rings (SSSR count). The Labute approximate surface area is 197 Å². The molecule has 1 fully saturated rings.